The average molecular weight is 368 g/mol. The third-order valence-electron chi connectivity index (χ3n) is 5.66. The van der Waals surface area contributed by atoms with E-state index in [1.54, 1.807) is 13.1 Å². The Hall–Kier alpha value is -2.47. The summed E-state index contributed by atoms with van der Waals surface area (Å²) < 4.78 is 5.71. The third-order valence-corrected chi connectivity index (χ3v) is 5.66. The van der Waals surface area contributed by atoms with Crippen LogP contribution in [0.4, 0.5) is 0 Å². The molecule has 0 spiro atoms. The predicted octanol–water partition coefficient (Wildman–Crippen LogP) is 2.61. The zero-order valence-corrected chi connectivity index (χ0v) is 15.4. The maximum Gasteiger partial charge on any atom is 0.255 e. The number of aromatic nitrogens is 1. The standard InChI is InChI=1S/C21H24N2O4/c1-12-19(20-17(25)6-4-7-18(20)27-12)21(26)23-16(13-9-15(24)10-13)11-14-5-2-3-8-22-14/h2-3,5,8,13,15-16,24H,4,6-7,9-11H2,1H3,(H,23,26)/t13?,15?,16-/m0/s1. The quantitative estimate of drug-likeness (QED) is 0.846. The van der Waals surface area contributed by atoms with Crippen LogP contribution in [0.5, 0.6) is 0 Å². The van der Waals surface area contributed by atoms with E-state index in [0.29, 0.717) is 54.8 Å². The molecule has 1 fully saturated rings. The number of aliphatic hydroxyl groups is 1. The first-order valence-corrected chi connectivity index (χ1v) is 9.57. The van der Waals surface area contributed by atoms with Crippen molar-refractivity contribution in [1.29, 1.82) is 0 Å². The number of ketones is 1. The van der Waals surface area contributed by atoms with Gasteiger partial charge in [-0.05, 0) is 44.2 Å². The maximum atomic E-state index is 13.1. The van der Waals surface area contributed by atoms with Crippen LogP contribution in [0.1, 0.15) is 63.6 Å². The molecule has 2 aromatic rings. The molecule has 1 saturated carbocycles. The molecule has 0 saturated heterocycles. The molecule has 0 aromatic carbocycles. The minimum Gasteiger partial charge on any atom is -0.465 e. The molecule has 2 aliphatic carbocycles. The van der Waals surface area contributed by atoms with Crippen molar-refractivity contribution in [3.05, 3.63) is 52.7 Å². The minimum absolute atomic E-state index is 0.0152. The van der Waals surface area contributed by atoms with Crippen molar-refractivity contribution in [3.8, 4) is 0 Å². The Kier molecular flexibility index (Phi) is 4.83. The number of nitrogens with one attached hydrogen (secondary N) is 1. The van der Waals surface area contributed by atoms with E-state index in [1.165, 1.54) is 0 Å². The fourth-order valence-corrected chi connectivity index (χ4v) is 4.16. The number of aryl methyl sites for hydroxylation is 2. The Bertz CT molecular complexity index is 853. The van der Waals surface area contributed by atoms with Crippen molar-refractivity contribution in [1.82, 2.24) is 10.3 Å². The van der Waals surface area contributed by atoms with E-state index in [0.717, 1.165) is 12.1 Å². The highest BCUT2D eigenvalue weighted by molar-refractivity contribution is 6.10. The van der Waals surface area contributed by atoms with Crippen molar-refractivity contribution < 1.29 is 19.1 Å². The van der Waals surface area contributed by atoms with E-state index in [9.17, 15) is 14.7 Å². The van der Waals surface area contributed by atoms with Gasteiger partial charge in [0.15, 0.2) is 5.78 Å². The van der Waals surface area contributed by atoms with Gasteiger partial charge in [-0.2, -0.15) is 0 Å². The lowest BCUT2D eigenvalue weighted by Crippen LogP contribution is -2.48. The summed E-state index contributed by atoms with van der Waals surface area (Å²) >= 11 is 0. The van der Waals surface area contributed by atoms with Gasteiger partial charge in [0.25, 0.3) is 5.91 Å². The molecule has 1 amide bonds. The molecular formula is C21H24N2O4. The van der Waals surface area contributed by atoms with Crippen molar-refractivity contribution in [2.24, 2.45) is 5.92 Å². The number of fused-ring (bicyclic) bond motifs is 1. The van der Waals surface area contributed by atoms with Crippen LogP contribution in [0, 0.1) is 12.8 Å². The van der Waals surface area contributed by atoms with Crippen LogP contribution in [0.3, 0.4) is 0 Å². The van der Waals surface area contributed by atoms with Gasteiger partial charge in [0, 0.05) is 37.2 Å². The van der Waals surface area contributed by atoms with E-state index >= 15 is 0 Å². The molecule has 2 aromatic heterocycles. The Balaban J connectivity index is 1.57. The van der Waals surface area contributed by atoms with Crippen LogP contribution in [0.25, 0.3) is 0 Å². The van der Waals surface area contributed by atoms with Crippen molar-refractivity contribution in [2.75, 3.05) is 0 Å². The van der Waals surface area contributed by atoms with E-state index in [2.05, 4.69) is 10.3 Å². The number of nitrogens with zero attached hydrogens (tertiary/aromatic N) is 1. The topological polar surface area (TPSA) is 92.4 Å². The molecule has 2 N–H and O–H groups in total. The first-order valence-electron chi connectivity index (χ1n) is 9.57. The van der Waals surface area contributed by atoms with E-state index in [4.69, 9.17) is 4.42 Å². The molecule has 2 aliphatic rings. The second-order valence-electron chi connectivity index (χ2n) is 7.60. The molecule has 27 heavy (non-hydrogen) atoms. The summed E-state index contributed by atoms with van der Waals surface area (Å²) in [5.74, 6) is 1.05. The smallest absolute Gasteiger partial charge is 0.255 e. The van der Waals surface area contributed by atoms with Crippen LogP contribution in [-0.2, 0) is 12.8 Å². The van der Waals surface area contributed by atoms with Crippen molar-refractivity contribution >= 4 is 11.7 Å². The summed E-state index contributed by atoms with van der Waals surface area (Å²) in [4.78, 5) is 29.8. The van der Waals surface area contributed by atoms with E-state index in [-0.39, 0.29) is 29.8 Å². The summed E-state index contributed by atoms with van der Waals surface area (Å²) in [5, 5.41) is 12.8. The van der Waals surface area contributed by atoms with Gasteiger partial charge in [-0.25, -0.2) is 0 Å². The Morgan fingerprint density at radius 2 is 2.19 bits per heavy atom. The van der Waals surface area contributed by atoms with Crippen LogP contribution < -0.4 is 5.32 Å². The van der Waals surface area contributed by atoms with Gasteiger partial charge in [-0.1, -0.05) is 6.07 Å². The van der Waals surface area contributed by atoms with Gasteiger partial charge in [0.05, 0.1) is 17.2 Å². The predicted molar refractivity (Wildman–Crippen MR) is 98.6 cm³/mol. The van der Waals surface area contributed by atoms with Gasteiger partial charge in [0.1, 0.15) is 11.5 Å². The van der Waals surface area contributed by atoms with Crippen LogP contribution in [-0.4, -0.2) is 33.9 Å². The Morgan fingerprint density at radius 1 is 1.37 bits per heavy atom. The first kappa shape index (κ1) is 17.9. The molecule has 0 unspecified atom stereocenters. The lowest BCUT2D eigenvalue weighted by molar-refractivity contribution is 0.0237. The summed E-state index contributed by atoms with van der Waals surface area (Å²) in [6.45, 7) is 1.74. The molecule has 1 atom stereocenters. The normalized spacial score (nSPS) is 22.7. The number of rotatable bonds is 5. The van der Waals surface area contributed by atoms with Gasteiger partial charge in [0.2, 0.25) is 0 Å². The van der Waals surface area contributed by atoms with Crippen LogP contribution >= 0.6 is 0 Å². The Morgan fingerprint density at radius 3 is 2.89 bits per heavy atom. The molecule has 6 heteroatoms. The molecule has 0 bridgehead atoms. The van der Waals surface area contributed by atoms with Crippen molar-refractivity contribution in [2.45, 2.75) is 57.6 Å². The lowest BCUT2D eigenvalue weighted by atomic mass is 9.75. The highest BCUT2D eigenvalue weighted by atomic mass is 16.3. The van der Waals surface area contributed by atoms with E-state index < -0.39 is 0 Å². The molecule has 0 radical (unpaired) electrons. The number of aliphatic hydroxyl groups excluding tert-OH is 1. The number of hydrogen-bond acceptors (Lipinski definition) is 5. The summed E-state index contributed by atoms with van der Waals surface area (Å²) in [6.07, 6.45) is 5.28. The number of pyridine rings is 1. The average Bonchev–Trinajstić information content (AvgIpc) is 2.97. The number of amides is 1. The molecule has 6 nitrogen and oxygen atoms in total. The lowest BCUT2D eigenvalue weighted by Gasteiger charge is -2.38. The number of furan rings is 1. The molecule has 0 aliphatic heterocycles. The van der Waals surface area contributed by atoms with Gasteiger partial charge >= 0.3 is 0 Å². The van der Waals surface area contributed by atoms with Crippen LogP contribution in [0.2, 0.25) is 0 Å². The zero-order chi connectivity index (χ0) is 19.0. The largest absolute Gasteiger partial charge is 0.465 e. The molecular weight excluding hydrogens is 344 g/mol. The summed E-state index contributed by atoms with van der Waals surface area (Å²) in [6, 6.07) is 5.57. The third kappa shape index (κ3) is 3.54. The van der Waals surface area contributed by atoms with Gasteiger partial charge in [-0.3, -0.25) is 14.6 Å². The highest BCUT2D eigenvalue weighted by Gasteiger charge is 2.37. The fourth-order valence-electron chi connectivity index (χ4n) is 4.16. The summed E-state index contributed by atoms with van der Waals surface area (Å²) in [7, 11) is 0. The number of hydrogen-bond donors (Lipinski definition) is 2. The molecule has 142 valence electrons. The number of carbonyl (C=O) groups excluding carboxylic acids is 2. The molecule has 2 heterocycles. The zero-order valence-electron chi connectivity index (χ0n) is 15.4. The highest BCUT2D eigenvalue weighted by Crippen LogP contribution is 2.33. The first-order chi connectivity index (χ1) is 13.0. The monoisotopic (exact) mass is 368 g/mol. The SMILES string of the molecule is Cc1oc2c(c1C(=O)N[C@@H](Cc1ccccn1)C1CC(O)C1)C(=O)CCC2. The number of Topliss-reactive ketones (excluding diaryl/α,β-unsaturated/α-hetero) is 1. The molecule has 4 rings (SSSR count). The van der Waals surface area contributed by atoms with Crippen molar-refractivity contribution in [3.63, 3.8) is 0 Å². The second-order valence-corrected chi connectivity index (χ2v) is 7.60. The van der Waals surface area contributed by atoms with E-state index in [1.807, 2.05) is 18.2 Å². The maximum absolute atomic E-state index is 13.1. The van der Waals surface area contributed by atoms with Crippen LogP contribution in [0.15, 0.2) is 28.8 Å². The Labute approximate surface area is 158 Å². The van der Waals surface area contributed by atoms with Gasteiger partial charge < -0.3 is 14.8 Å². The fraction of sp³-hybridized carbons (Fsp3) is 0.476. The number of carbonyl (C=O) groups is 2. The summed E-state index contributed by atoms with van der Waals surface area (Å²) in [5.41, 5.74) is 1.73. The second kappa shape index (κ2) is 7.27. The van der Waals surface area contributed by atoms with Gasteiger partial charge in [-0.15, -0.1) is 0 Å². The minimum atomic E-state index is -0.303.